The number of aryl methyl sites for hydroxylation is 1. The molecule has 0 spiro atoms. The van der Waals surface area contributed by atoms with E-state index >= 15 is 0 Å². The van der Waals surface area contributed by atoms with E-state index in [1.165, 1.54) is 5.56 Å². The van der Waals surface area contributed by atoms with E-state index in [-0.39, 0.29) is 0 Å². The van der Waals surface area contributed by atoms with Crippen molar-refractivity contribution in [1.82, 2.24) is 0 Å². The third-order valence-corrected chi connectivity index (χ3v) is 2.29. The van der Waals surface area contributed by atoms with Crippen molar-refractivity contribution in [2.75, 3.05) is 0 Å². The Hall–Kier alpha value is -1.47. The van der Waals surface area contributed by atoms with E-state index in [2.05, 4.69) is 0 Å². The summed E-state index contributed by atoms with van der Waals surface area (Å²) in [5, 5.41) is 0.714. The average molecular weight is 219 g/mol. The fourth-order valence-corrected chi connectivity index (χ4v) is 1.44. The van der Waals surface area contributed by atoms with Crippen molar-refractivity contribution in [2.45, 2.75) is 6.92 Å². The highest BCUT2D eigenvalue weighted by Gasteiger charge is 1.96. The summed E-state index contributed by atoms with van der Waals surface area (Å²) < 4.78 is 5.66. The first-order valence-corrected chi connectivity index (χ1v) is 5.12. The lowest BCUT2D eigenvalue weighted by molar-refractivity contribution is 0.482. The van der Waals surface area contributed by atoms with Crippen LogP contribution in [0.2, 0.25) is 5.02 Å². The zero-order chi connectivity index (χ0) is 10.7. The second kappa shape index (κ2) is 4.37. The highest BCUT2D eigenvalue weighted by molar-refractivity contribution is 6.30. The molecule has 15 heavy (non-hydrogen) atoms. The zero-order valence-electron chi connectivity index (χ0n) is 8.41. The Morgan fingerprint density at radius 3 is 2.33 bits per heavy atom. The quantitative estimate of drug-likeness (QED) is 0.724. The predicted octanol–water partition coefficient (Wildman–Crippen LogP) is 4.44. The van der Waals surface area contributed by atoms with Crippen LogP contribution in [0.25, 0.3) is 0 Å². The highest BCUT2D eigenvalue weighted by atomic mass is 35.5. The van der Waals surface area contributed by atoms with Crippen LogP contribution in [0.4, 0.5) is 0 Å². The molecule has 2 aromatic carbocycles. The molecule has 0 saturated carbocycles. The van der Waals surface area contributed by atoms with Gasteiger partial charge in [0.05, 0.1) is 0 Å². The van der Waals surface area contributed by atoms with Crippen LogP contribution in [0.5, 0.6) is 11.5 Å². The molecule has 2 heteroatoms. The summed E-state index contributed by atoms with van der Waals surface area (Å²) in [4.78, 5) is 0. The van der Waals surface area contributed by atoms with Gasteiger partial charge in [0.2, 0.25) is 0 Å². The van der Waals surface area contributed by atoms with Gasteiger partial charge in [-0.05, 0) is 48.9 Å². The number of benzene rings is 2. The number of halogens is 1. The Bertz CT molecular complexity index is 448. The summed E-state index contributed by atoms with van der Waals surface area (Å²) >= 11 is 5.78. The molecule has 0 amide bonds. The third kappa shape index (κ3) is 2.74. The molecule has 1 nitrogen and oxygen atoms in total. The number of hydrogen-bond acceptors (Lipinski definition) is 1. The minimum atomic E-state index is 0.714. The molecular formula is C13H11ClO. The predicted molar refractivity (Wildman–Crippen MR) is 62.7 cm³/mol. The molecule has 2 rings (SSSR count). The molecule has 0 unspecified atom stereocenters. The van der Waals surface area contributed by atoms with Gasteiger partial charge in [-0.15, -0.1) is 0 Å². The summed E-state index contributed by atoms with van der Waals surface area (Å²) in [6.07, 6.45) is 0. The molecular weight excluding hydrogens is 208 g/mol. The van der Waals surface area contributed by atoms with Gasteiger partial charge in [0, 0.05) is 5.02 Å². The van der Waals surface area contributed by atoms with Gasteiger partial charge in [-0.1, -0.05) is 23.7 Å². The van der Waals surface area contributed by atoms with Crippen LogP contribution in [0, 0.1) is 6.92 Å². The van der Waals surface area contributed by atoms with Crippen LogP contribution < -0.4 is 4.74 Å². The van der Waals surface area contributed by atoms with Crippen molar-refractivity contribution >= 4 is 11.6 Å². The van der Waals surface area contributed by atoms with Crippen molar-refractivity contribution in [2.24, 2.45) is 0 Å². The second-order valence-electron chi connectivity index (χ2n) is 3.37. The Morgan fingerprint density at radius 1 is 0.933 bits per heavy atom. The normalized spacial score (nSPS) is 10.0. The van der Waals surface area contributed by atoms with Gasteiger partial charge in [-0.3, -0.25) is 0 Å². The van der Waals surface area contributed by atoms with Crippen LogP contribution in [-0.4, -0.2) is 0 Å². The summed E-state index contributed by atoms with van der Waals surface area (Å²) in [7, 11) is 0. The fourth-order valence-electron chi connectivity index (χ4n) is 1.32. The first-order valence-electron chi connectivity index (χ1n) is 4.74. The first kappa shape index (κ1) is 10.1. The highest BCUT2D eigenvalue weighted by Crippen LogP contribution is 2.23. The minimum absolute atomic E-state index is 0.714. The van der Waals surface area contributed by atoms with Crippen molar-refractivity contribution in [3.8, 4) is 11.5 Å². The standard InChI is InChI=1S/C13H11ClO/c1-10-3-2-4-13(9-10)15-12-7-5-11(14)6-8-12/h2-9H,1H3. The molecule has 76 valence electrons. The molecule has 0 atom stereocenters. The maximum absolute atomic E-state index is 5.78. The van der Waals surface area contributed by atoms with Crippen LogP contribution in [0.3, 0.4) is 0 Å². The molecule has 0 aliphatic carbocycles. The zero-order valence-corrected chi connectivity index (χ0v) is 9.16. The van der Waals surface area contributed by atoms with Gasteiger partial charge in [0.25, 0.3) is 0 Å². The minimum Gasteiger partial charge on any atom is -0.457 e. The smallest absolute Gasteiger partial charge is 0.127 e. The van der Waals surface area contributed by atoms with E-state index < -0.39 is 0 Å². The molecule has 0 heterocycles. The Kier molecular flexibility index (Phi) is 2.93. The monoisotopic (exact) mass is 218 g/mol. The average Bonchev–Trinajstić information content (AvgIpc) is 2.22. The number of rotatable bonds is 2. The van der Waals surface area contributed by atoms with E-state index in [0.717, 1.165) is 11.5 Å². The van der Waals surface area contributed by atoms with Crippen LogP contribution >= 0.6 is 11.6 Å². The van der Waals surface area contributed by atoms with E-state index in [0.29, 0.717) is 5.02 Å². The Morgan fingerprint density at radius 2 is 1.67 bits per heavy atom. The molecule has 0 saturated heterocycles. The Labute approximate surface area is 94.3 Å². The number of ether oxygens (including phenoxy) is 1. The van der Waals surface area contributed by atoms with E-state index in [1.54, 1.807) is 0 Å². The van der Waals surface area contributed by atoms with Crippen molar-refractivity contribution in [3.63, 3.8) is 0 Å². The topological polar surface area (TPSA) is 9.23 Å². The summed E-state index contributed by atoms with van der Waals surface area (Å²) in [6.45, 7) is 2.04. The van der Waals surface area contributed by atoms with Crippen molar-refractivity contribution < 1.29 is 4.74 Å². The molecule has 0 aliphatic rings. The van der Waals surface area contributed by atoms with Gasteiger partial charge in [0.15, 0.2) is 0 Å². The van der Waals surface area contributed by atoms with Gasteiger partial charge < -0.3 is 4.74 Å². The largest absolute Gasteiger partial charge is 0.457 e. The van der Waals surface area contributed by atoms with E-state index in [4.69, 9.17) is 16.3 Å². The number of hydrogen-bond donors (Lipinski definition) is 0. The van der Waals surface area contributed by atoms with E-state index in [9.17, 15) is 0 Å². The van der Waals surface area contributed by atoms with Gasteiger partial charge in [0.1, 0.15) is 11.5 Å². The molecule has 0 radical (unpaired) electrons. The third-order valence-electron chi connectivity index (χ3n) is 2.04. The lowest BCUT2D eigenvalue weighted by atomic mass is 10.2. The Balaban J connectivity index is 2.18. The lowest BCUT2D eigenvalue weighted by Crippen LogP contribution is -1.83. The summed E-state index contributed by atoms with van der Waals surface area (Å²) in [5.74, 6) is 1.64. The summed E-state index contributed by atoms with van der Waals surface area (Å²) in [6, 6.07) is 15.3. The maximum atomic E-state index is 5.78. The van der Waals surface area contributed by atoms with E-state index in [1.807, 2.05) is 55.5 Å². The second-order valence-corrected chi connectivity index (χ2v) is 3.81. The van der Waals surface area contributed by atoms with Crippen molar-refractivity contribution in [1.29, 1.82) is 0 Å². The van der Waals surface area contributed by atoms with Crippen LogP contribution in [-0.2, 0) is 0 Å². The molecule has 0 aromatic heterocycles. The van der Waals surface area contributed by atoms with Gasteiger partial charge in [-0.25, -0.2) is 0 Å². The van der Waals surface area contributed by atoms with Crippen molar-refractivity contribution in [3.05, 3.63) is 59.1 Å². The molecule has 0 aliphatic heterocycles. The maximum Gasteiger partial charge on any atom is 0.127 e. The summed E-state index contributed by atoms with van der Waals surface area (Å²) in [5.41, 5.74) is 1.18. The molecule has 2 aromatic rings. The molecule has 0 fully saturated rings. The van der Waals surface area contributed by atoms with Crippen LogP contribution in [0.1, 0.15) is 5.56 Å². The fraction of sp³-hybridized carbons (Fsp3) is 0.0769. The lowest BCUT2D eigenvalue weighted by Gasteiger charge is -2.05. The molecule has 0 N–H and O–H groups in total. The van der Waals surface area contributed by atoms with Crippen LogP contribution in [0.15, 0.2) is 48.5 Å². The van der Waals surface area contributed by atoms with Gasteiger partial charge in [-0.2, -0.15) is 0 Å². The van der Waals surface area contributed by atoms with Gasteiger partial charge >= 0.3 is 0 Å². The molecule has 0 bridgehead atoms. The SMILES string of the molecule is Cc1cccc(Oc2ccc(Cl)cc2)c1. The first-order chi connectivity index (χ1) is 7.24.